The van der Waals surface area contributed by atoms with Gasteiger partial charge in [-0.3, -0.25) is 9.59 Å². The molecule has 0 aliphatic carbocycles. The average molecular weight is 397 g/mol. The van der Waals surface area contributed by atoms with E-state index in [4.69, 9.17) is 4.74 Å². The van der Waals surface area contributed by atoms with Crippen molar-refractivity contribution < 1.29 is 19.1 Å². The normalized spacial score (nSPS) is 10.7. The predicted molar refractivity (Wildman–Crippen MR) is 111 cm³/mol. The molecule has 0 atom stereocenters. The molecule has 0 saturated carbocycles. The van der Waals surface area contributed by atoms with Crippen molar-refractivity contribution in [2.75, 3.05) is 19.6 Å². The summed E-state index contributed by atoms with van der Waals surface area (Å²) in [7, 11) is 0. The summed E-state index contributed by atoms with van der Waals surface area (Å²) in [5.74, 6) is -0.580. The van der Waals surface area contributed by atoms with Gasteiger partial charge in [-0.05, 0) is 44.0 Å². The second-order valence-corrected chi connectivity index (χ2v) is 7.40. The first kappa shape index (κ1) is 21.9. The zero-order valence-corrected chi connectivity index (χ0v) is 17.0. The van der Waals surface area contributed by atoms with Crippen molar-refractivity contribution in [1.82, 2.24) is 16.0 Å². The Morgan fingerprint density at radius 1 is 0.793 bits per heavy atom. The van der Waals surface area contributed by atoms with E-state index in [1.54, 1.807) is 32.9 Å². The van der Waals surface area contributed by atoms with E-state index in [2.05, 4.69) is 16.0 Å². The van der Waals surface area contributed by atoms with E-state index < -0.39 is 11.7 Å². The van der Waals surface area contributed by atoms with Crippen LogP contribution in [-0.4, -0.2) is 43.1 Å². The number of rotatable bonds is 7. The minimum Gasteiger partial charge on any atom is -0.444 e. The highest BCUT2D eigenvalue weighted by Gasteiger charge is 2.16. The van der Waals surface area contributed by atoms with Crippen LogP contribution in [0.5, 0.6) is 0 Å². The third-order valence-electron chi connectivity index (χ3n) is 3.78. The summed E-state index contributed by atoms with van der Waals surface area (Å²) in [4.78, 5) is 35.4. The lowest BCUT2D eigenvalue weighted by Gasteiger charge is -2.19. The molecule has 7 heteroatoms. The maximum Gasteiger partial charge on any atom is 0.408 e. The molecule has 2 aromatic carbocycles. The molecule has 0 saturated heterocycles. The maximum atomic E-state index is 12.2. The third kappa shape index (κ3) is 8.04. The van der Waals surface area contributed by atoms with E-state index in [9.17, 15) is 14.4 Å². The van der Waals surface area contributed by atoms with Gasteiger partial charge >= 0.3 is 6.09 Å². The highest BCUT2D eigenvalue weighted by Crippen LogP contribution is 2.19. The molecule has 154 valence electrons. The minimum absolute atomic E-state index is 0.191. The number of benzene rings is 2. The van der Waals surface area contributed by atoms with Crippen molar-refractivity contribution in [3.05, 3.63) is 60.2 Å². The Kier molecular flexibility index (Phi) is 7.77. The summed E-state index contributed by atoms with van der Waals surface area (Å²) in [5.41, 5.74) is 2.04. The van der Waals surface area contributed by atoms with Crippen LogP contribution in [0.4, 0.5) is 4.79 Å². The number of ether oxygens (including phenoxy) is 1. The minimum atomic E-state index is -0.653. The SMILES string of the molecule is CC(C)(C)OC(=O)NCC(=O)NCCNC(=O)c1ccc(-c2ccccc2)cc1. The fraction of sp³-hybridized carbons (Fsp3) is 0.318. The molecule has 0 radical (unpaired) electrons. The van der Waals surface area contributed by atoms with E-state index in [1.165, 1.54) is 0 Å². The van der Waals surface area contributed by atoms with Gasteiger partial charge in [0.15, 0.2) is 0 Å². The van der Waals surface area contributed by atoms with Gasteiger partial charge in [-0.15, -0.1) is 0 Å². The lowest BCUT2D eigenvalue weighted by molar-refractivity contribution is -0.120. The largest absolute Gasteiger partial charge is 0.444 e. The molecule has 0 aliphatic rings. The Morgan fingerprint density at radius 2 is 1.38 bits per heavy atom. The first-order chi connectivity index (χ1) is 13.7. The van der Waals surface area contributed by atoms with E-state index in [0.29, 0.717) is 5.56 Å². The molecular weight excluding hydrogens is 370 g/mol. The van der Waals surface area contributed by atoms with Crippen LogP contribution in [0.3, 0.4) is 0 Å². The van der Waals surface area contributed by atoms with Gasteiger partial charge in [0.2, 0.25) is 5.91 Å². The molecule has 2 aromatic rings. The van der Waals surface area contributed by atoms with Crippen molar-refractivity contribution in [3.63, 3.8) is 0 Å². The van der Waals surface area contributed by atoms with Gasteiger partial charge in [0.05, 0.1) is 6.54 Å². The molecule has 0 unspecified atom stereocenters. The number of carbonyl (C=O) groups excluding carboxylic acids is 3. The molecule has 0 aliphatic heterocycles. The van der Waals surface area contributed by atoms with Gasteiger partial charge in [-0.25, -0.2) is 4.79 Å². The molecule has 7 nitrogen and oxygen atoms in total. The van der Waals surface area contributed by atoms with Gasteiger partial charge < -0.3 is 20.7 Å². The van der Waals surface area contributed by atoms with Crippen molar-refractivity contribution in [1.29, 1.82) is 0 Å². The summed E-state index contributed by atoms with van der Waals surface area (Å²) in [6.45, 7) is 5.56. The summed E-state index contributed by atoms with van der Waals surface area (Å²) >= 11 is 0. The van der Waals surface area contributed by atoms with Crippen LogP contribution < -0.4 is 16.0 Å². The Labute approximate surface area is 170 Å². The lowest BCUT2D eigenvalue weighted by Crippen LogP contribution is -2.42. The van der Waals surface area contributed by atoms with Crippen molar-refractivity contribution in [3.8, 4) is 11.1 Å². The van der Waals surface area contributed by atoms with E-state index in [0.717, 1.165) is 11.1 Å². The van der Waals surface area contributed by atoms with Crippen LogP contribution in [0.1, 0.15) is 31.1 Å². The number of carbonyl (C=O) groups is 3. The van der Waals surface area contributed by atoms with E-state index in [-0.39, 0.29) is 31.4 Å². The number of alkyl carbamates (subject to hydrolysis) is 1. The lowest BCUT2D eigenvalue weighted by atomic mass is 10.0. The number of hydrogen-bond donors (Lipinski definition) is 3. The van der Waals surface area contributed by atoms with Crippen LogP contribution in [0.25, 0.3) is 11.1 Å². The van der Waals surface area contributed by atoms with Crippen LogP contribution in [0.15, 0.2) is 54.6 Å². The molecule has 2 rings (SSSR count). The smallest absolute Gasteiger partial charge is 0.408 e. The van der Waals surface area contributed by atoms with Crippen LogP contribution >= 0.6 is 0 Å². The molecule has 0 aromatic heterocycles. The quantitative estimate of drug-likeness (QED) is 0.626. The maximum absolute atomic E-state index is 12.2. The summed E-state index contributed by atoms with van der Waals surface area (Å²) in [5, 5.41) is 7.73. The Balaban J connectivity index is 1.68. The molecule has 0 heterocycles. The Hall–Kier alpha value is -3.35. The van der Waals surface area contributed by atoms with Crippen LogP contribution in [0, 0.1) is 0 Å². The summed E-state index contributed by atoms with van der Waals surface area (Å²) in [6.07, 6.45) is -0.653. The number of nitrogens with one attached hydrogen (secondary N) is 3. The standard InChI is InChI=1S/C22H27N3O4/c1-22(2,3)29-21(28)25-15-19(26)23-13-14-24-20(27)18-11-9-17(10-12-18)16-7-5-4-6-8-16/h4-12H,13-15H2,1-3H3,(H,23,26)(H,24,27)(H,25,28). The molecule has 3 N–H and O–H groups in total. The monoisotopic (exact) mass is 397 g/mol. The molecule has 0 spiro atoms. The number of amides is 3. The van der Waals surface area contributed by atoms with Crippen LogP contribution in [0.2, 0.25) is 0 Å². The fourth-order valence-corrected chi connectivity index (χ4v) is 2.45. The number of hydrogen-bond acceptors (Lipinski definition) is 4. The molecule has 0 fully saturated rings. The molecule has 29 heavy (non-hydrogen) atoms. The van der Waals surface area contributed by atoms with Gasteiger partial charge in [0.1, 0.15) is 5.60 Å². The topological polar surface area (TPSA) is 96.5 Å². The predicted octanol–water partition coefficient (Wildman–Crippen LogP) is 2.72. The second-order valence-electron chi connectivity index (χ2n) is 7.40. The molecule has 3 amide bonds. The van der Waals surface area contributed by atoms with E-state index in [1.807, 2.05) is 42.5 Å². The van der Waals surface area contributed by atoms with Gasteiger partial charge in [0.25, 0.3) is 5.91 Å². The highest BCUT2D eigenvalue weighted by atomic mass is 16.6. The van der Waals surface area contributed by atoms with Crippen LogP contribution in [-0.2, 0) is 9.53 Å². The van der Waals surface area contributed by atoms with Gasteiger partial charge in [0, 0.05) is 18.7 Å². The molecule has 0 bridgehead atoms. The molecular formula is C22H27N3O4. The zero-order valence-electron chi connectivity index (χ0n) is 17.0. The Bertz CT molecular complexity index is 827. The van der Waals surface area contributed by atoms with Crippen molar-refractivity contribution in [2.45, 2.75) is 26.4 Å². The third-order valence-corrected chi connectivity index (χ3v) is 3.78. The fourth-order valence-electron chi connectivity index (χ4n) is 2.45. The van der Waals surface area contributed by atoms with E-state index >= 15 is 0 Å². The summed E-state index contributed by atoms with van der Waals surface area (Å²) in [6, 6.07) is 17.2. The van der Waals surface area contributed by atoms with Gasteiger partial charge in [-0.2, -0.15) is 0 Å². The first-order valence-corrected chi connectivity index (χ1v) is 9.42. The first-order valence-electron chi connectivity index (χ1n) is 9.42. The van der Waals surface area contributed by atoms with Crippen molar-refractivity contribution in [2.24, 2.45) is 0 Å². The second kappa shape index (κ2) is 10.3. The Morgan fingerprint density at radius 3 is 2.00 bits per heavy atom. The van der Waals surface area contributed by atoms with Crippen molar-refractivity contribution >= 4 is 17.9 Å². The highest BCUT2D eigenvalue weighted by molar-refractivity contribution is 5.94. The van der Waals surface area contributed by atoms with Gasteiger partial charge in [-0.1, -0.05) is 42.5 Å². The summed E-state index contributed by atoms with van der Waals surface area (Å²) < 4.78 is 5.04. The zero-order chi connectivity index (χ0) is 21.3. The average Bonchev–Trinajstić information content (AvgIpc) is 2.69.